The molecule has 0 saturated carbocycles. The number of fused-ring (bicyclic) bond motifs is 1. The van der Waals surface area contributed by atoms with E-state index in [1.807, 2.05) is 37.4 Å². The maximum atomic E-state index is 12.0. The Kier molecular flexibility index (Phi) is 4.52. The summed E-state index contributed by atoms with van der Waals surface area (Å²) in [7, 11) is 0. The standard InChI is InChI=1S/C17H21N3OS/c1-12(22-2)17(21)18-14-7-5-6-13(10-14)15-11-20-9-4-3-8-16(20)19-15/h5-7,10-12H,3-4,8-9H2,1-2H3,(H,18,21)/t12-/m0/s1. The number of imidazole rings is 1. The average Bonchev–Trinajstić information content (AvgIpc) is 2.98. The SMILES string of the molecule is CS[C@@H](C)C(=O)Nc1cccc(-c2cn3c(n2)CCCC3)c1. The number of nitrogens with one attached hydrogen (secondary N) is 1. The molecule has 0 spiro atoms. The van der Waals surface area contributed by atoms with Crippen LogP contribution in [-0.2, 0) is 17.8 Å². The number of anilines is 1. The molecule has 22 heavy (non-hydrogen) atoms. The van der Waals surface area contributed by atoms with E-state index in [1.54, 1.807) is 11.8 Å². The number of aromatic nitrogens is 2. The molecule has 2 heterocycles. The summed E-state index contributed by atoms with van der Waals surface area (Å²) in [6.07, 6.45) is 7.57. The molecule has 0 aliphatic carbocycles. The Morgan fingerprint density at radius 2 is 2.27 bits per heavy atom. The van der Waals surface area contributed by atoms with Crippen molar-refractivity contribution in [2.24, 2.45) is 0 Å². The van der Waals surface area contributed by atoms with Crippen LogP contribution in [0.4, 0.5) is 5.69 Å². The molecule has 0 saturated heterocycles. The lowest BCUT2D eigenvalue weighted by Gasteiger charge is -2.11. The number of aryl methyl sites for hydroxylation is 2. The van der Waals surface area contributed by atoms with E-state index < -0.39 is 0 Å². The molecule has 1 aliphatic heterocycles. The number of hydrogen-bond acceptors (Lipinski definition) is 3. The first-order valence-corrected chi connectivity index (χ1v) is 8.96. The first kappa shape index (κ1) is 15.2. The highest BCUT2D eigenvalue weighted by Crippen LogP contribution is 2.25. The predicted octanol–water partition coefficient (Wildman–Crippen LogP) is 3.58. The van der Waals surface area contributed by atoms with Crippen molar-refractivity contribution < 1.29 is 4.79 Å². The molecule has 0 bridgehead atoms. The Morgan fingerprint density at radius 3 is 3.05 bits per heavy atom. The van der Waals surface area contributed by atoms with Gasteiger partial charge in [0, 0.05) is 30.4 Å². The van der Waals surface area contributed by atoms with Crippen molar-refractivity contribution in [1.82, 2.24) is 9.55 Å². The van der Waals surface area contributed by atoms with Crippen molar-refractivity contribution in [3.63, 3.8) is 0 Å². The molecule has 1 aliphatic rings. The number of nitrogens with zero attached hydrogens (tertiary/aromatic N) is 2. The molecule has 5 heteroatoms. The molecule has 1 N–H and O–H groups in total. The van der Waals surface area contributed by atoms with Crippen molar-refractivity contribution in [2.45, 2.75) is 38.0 Å². The zero-order valence-corrected chi connectivity index (χ0v) is 13.8. The van der Waals surface area contributed by atoms with Crippen molar-refractivity contribution in [3.05, 3.63) is 36.3 Å². The summed E-state index contributed by atoms with van der Waals surface area (Å²) in [5, 5.41) is 2.92. The molecule has 0 radical (unpaired) electrons. The van der Waals surface area contributed by atoms with Crippen molar-refractivity contribution in [2.75, 3.05) is 11.6 Å². The van der Waals surface area contributed by atoms with Crippen LogP contribution in [0.15, 0.2) is 30.5 Å². The maximum Gasteiger partial charge on any atom is 0.237 e. The van der Waals surface area contributed by atoms with Crippen molar-refractivity contribution in [1.29, 1.82) is 0 Å². The minimum absolute atomic E-state index is 0.0359. The monoisotopic (exact) mass is 315 g/mol. The second-order valence-corrected chi connectivity index (χ2v) is 6.82. The Hall–Kier alpha value is -1.75. The Labute approximate surface area is 135 Å². The van der Waals surface area contributed by atoms with Gasteiger partial charge in [0.1, 0.15) is 5.82 Å². The van der Waals surface area contributed by atoms with Crippen molar-refractivity contribution >= 4 is 23.4 Å². The van der Waals surface area contributed by atoms with Crippen LogP contribution >= 0.6 is 11.8 Å². The average molecular weight is 315 g/mol. The fourth-order valence-corrected chi connectivity index (χ4v) is 2.93. The van der Waals surface area contributed by atoms with Crippen LogP contribution in [0.5, 0.6) is 0 Å². The molecular formula is C17H21N3OS. The van der Waals surface area contributed by atoms with Gasteiger partial charge in [-0.2, -0.15) is 11.8 Å². The van der Waals surface area contributed by atoms with Gasteiger partial charge in [-0.05, 0) is 38.2 Å². The second-order valence-electron chi connectivity index (χ2n) is 5.64. The molecular weight excluding hydrogens is 294 g/mol. The maximum absolute atomic E-state index is 12.0. The first-order valence-electron chi connectivity index (χ1n) is 7.67. The van der Waals surface area contributed by atoms with E-state index in [-0.39, 0.29) is 11.2 Å². The number of hydrogen-bond donors (Lipinski definition) is 1. The van der Waals surface area contributed by atoms with Crippen LogP contribution in [0.3, 0.4) is 0 Å². The number of carbonyl (C=O) groups is 1. The fraction of sp³-hybridized carbons (Fsp3) is 0.412. The molecule has 1 aromatic carbocycles. The summed E-state index contributed by atoms with van der Waals surface area (Å²) in [5.41, 5.74) is 2.87. The Balaban J connectivity index is 1.82. The van der Waals surface area contributed by atoms with Crippen molar-refractivity contribution in [3.8, 4) is 11.3 Å². The fourth-order valence-electron chi connectivity index (χ4n) is 2.66. The Bertz CT molecular complexity index is 657. The summed E-state index contributed by atoms with van der Waals surface area (Å²) < 4.78 is 2.25. The first-order chi connectivity index (χ1) is 10.7. The highest BCUT2D eigenvalue weighted by Gasteiger charge is 2.14. The normalized spacial score (nSPS) is 15.2. The lowest BCUT2D eigenvalue weighted by atomic mass is 10.1. The number of rotatable bonds is 4. The number of thioether (sulfide) groups is 1. The predicted molar refractivity (Wildman–Crippen MR) is 92.2 cm³/mol. The molecule has 1 amide bonds. The molecule has 1 aromatic heterocycles. The topological polar surface area (TPSA) is 46.9 Å². The van der Waals surface area contributed by atoms with Gasteiger partial charge in [0.2, 0.25) is 5.91 Å². The van der Waals surface area contributed by atoms with Crippen LogP contribution in [0.25, 0.3) is 11.3 Å². The quantitative estimate of drug-likeness (QED) is 0.938. The highest BCUT2D eigenvalue weighted by atomic mass is 32.2. The van der Waals surface area contributed by atoms with Crippen LogP contribution in [-0.4, -0.2) is 27.0 Å². The van der Waals surface area contributed by atoms with Crippen LogP contribution < -0.4 is 5.32 Å². The summed E-state index contributed by atoms with van der Waals surface area (Å²) in [4.78, 5) is 16.7. The Morgan fingerprint density at radius 1 is 1.41 bits per heavy atom. The van der Waals surface area contributed by atoms with Gasteiger partial charge in [-0.1, -0.05) is 12.1 Å². The molecule has 116 valence electrons. The summed E-state index contributed by atoms with van der Waals surface area (Å²) in [6, 6.07) is 7.93. The minimum Gasteiger partial charge on any atom is -0.334 e. The summed E-state index contributed by atoms with van der Waals surface area (Å²) >= 11 is 1.54. The van der Waals surface area contributed by atoms with E-state index >= 15 is 0 Å². The highest BCUT2D eigenvalue weighted by molar-refractivity contribution is 7.99. The summed E-state index contributed by atoms with van der Waals surface area (Å²) in [5.74, 6) is 1.21. The van der Waals surface area contributed by atoms with E-state index in [4.69, 9.17) is 4.98 Å². The van der Waals surface area contributed by atoms with Gasteiger partial charge in [-0.3, -0.25) is 4.79 Å². The van der Waals surface area contributed by atoms with Gasteiger partial charge in [0.15, 0.2) is 0 Å². The second kappa shape index (κ2) is 6.57. The third kappa shape index (κ3) is 3.19. The van der Waals surface area contributed by atoms with Crippen LogP contribution in [0.2, 0.25) is 0 Å². The molecule has 3 rings (SSSR count). The van der Waals surface area contributed by atoms with Gasteiger partial charge in [0.05, 0.1) is 10.9 Å². The lowest BCUT2D eigenvalue weighted by molar-refractivity contribution is -0.115. The summed E-state index contributed by atoms with van der Waals surface area (Å²) in [6.45, 7) is 2.97. The minimum atomic E-state index is -0.0522. The number of carbonyl (C=O) groups excluding carboxylic acids is 1. The van der Waals surface area contributed by atoms with E-state index in [1.165, 1.54) is 18.7 Å². The molecule has 0 fully saturated rings. The van der Waals surface area contributed by atoms with E-state index in [9.17, 15) is 4.79 Å². The molecule has 1 atom stereocenters. The van der Waals surface area contributed by atoms with Gasteiger partial charge >= 0.3 is 0 Å². The van der Waals surface area contributed by atoms with Crippen LogP contribution in [0, 0.1) is 0 Å². The molecule has 0 unspecified atom stereocenters. The van der Waals surface area contributed by atoms with E-state index in [0.717, 1.165) is 29.9 Å². The van der Waals surface area contributed by atoms with Gasteiger partial charge in [-0.25, -0.2) is 4.98 Å². The zero-order valence-electron chi connectivity index (χ0n) is 13.0. The van der Waals surface area contributed by atoms with Gasteiger partial charge in [-0.15, -0.1) is 0 Å². The third-order valence-corrected chi connectivity index (χ3v) is 4.98. The zero-order chi connectivity index (χ0) is 15.5. The van der Waals surface area contributed by atoms with Crippen LogP contribution in [0.1, 0.15) is 25.6 Å². The smallest absolute Gasteiger partial charge is 0.237 e. The molecule has 4 nitrogen and oxygen atoms in total. The number of amides is 1. The van der Waals surface area contributed by atoms with Gasteiger partial charge in [0.25, 0.3) is 0 Å². The number of benzene rings is 1. The van der Waals surface area contributed by atoms with Gasteiger partial charge < -0.3 is 9.88 Å². The lowest BCUT2D eigenvalue weighted by Crippen LogP contribution is -2.21. The molecule has 2 aromatic rings. The van der Waals surface area contributed by atoms with E-state index in [2.05, 4.69) is 16.1 Å². The largest absolute Gasteiger partial charge is 0.334 e. The third-order valence-electron chi connectivity index (χ3n) is 4.06. The van der Waals surface area contributed by atoms with E-state index in [0.29, 0.717) is 0 Å².